The summed E-state index contributed by atoms with van der Waals surface area (Å²) in [6.45, 7) is 7.76. The number of nitrogens with zero attached hydrogens (tertiary/aromatic N) is 2. The second-order valence-electron chi connectivity index (χ2n) is 6.97. The fourth-order valence-corrected chi connectivity index (χ4v) is 4.26. The zero-order valence-corrected chi connectivity index (χ0v) is 15.5. The molecular formula is C18H26Cl2N2O2. The molecule has 2 heterocycles. The van der Waals surface area contributed by atoms with E-state index in [0.717, 1.165) is 64.5 Å². The van der Waals surface area contributed by atoms with Crippen molar-refractivity contribution in [3.8, 4) is 0 Å². The zero-order valence-electron chi connectivity index (χ0n) is 14.0. The molecule has 0 aromatic heterocycles. The van der Waals surface area contributed by atoms with Crippen LogP contribution in [0.5, 0.6) is 0 Å². The van der Waals surface area contributed by atoms with Crippen LogP contribution in [-0.2, 0) is 11.3 Å². The van der Waals surface area contributed by atoms with Crippen molar-refractivity contribution in [2.75, 3.05) is 52.5 Å². The maximum Gasteiger partial charge on any atom is 0.0637 e. The minimum Gasteiger partial charge on any atom is -0.396 e. The van der Waals surface area contributed by atoms with Crippen LogP contribution >= 0.6 is 23.2 Å². The maximum absolute atomic E-state index is 9.69. The lowest BCUT2D eigenvalue weighted by molar-refractivity contribution is 0.0118. The fourth-order valence-electron chi connectivity index (χ4n) is 3.88. The number of hydrogen-bond donors (Lipinski definition) is 1. The van der Waals surface area contributed by atoms with Gasteiger partial charge in [0.05, 0.1) is 23.3 Å². The highest BCUT2D eigenvalue weighted by atomic mass is 35.5. The van der Waals surface area contributed by atoms with E-state index in [1.54, 1.807) is 0 Å². The van der Waals surface area contributed by atoms with Crippen molar-refractivity contribution in [2.45, 2.75) is 13.0 Å². The Labute approximate surface area is 154 Å². The quantitative estimate of drug-likeness (QED) is 0.861. The molecule has 0 amide bonds. The van der Waals surface area contributed by atoms with Crippen LogP contribution in [0.15, 0.2) is 18.2 Å². The van der Waals surface area contributed by atoms with Crippen molar-refractivity contribution in [3.63, 3.8) is 0 Å². The number of ether oxygens (including phenoxy) is 1. The van der Waals surface area contributed by atoms with Crippen LogP contribution in [0.25, 0.3) is 0 Å². The van der Waals surface area contributed by atoms with Gasteiger partial charge in [0.2, 0.25) is 0 Å². The van der Waals surface area contributed by atoms with Gasteiger partial charge in [-0.3, -0.25) is 9.80 Å². The van der Waals surface area contributed by atoms with Crippen LogP contribution in [0.4, 0.5) is 0 Å². The van der Waals surface area contributed by atoms with Gasteiger partial charge < -0.3 is 9.84 Å². The lowest BCUT2D eigenvalue weighted by Gasteiger charge is -2.40. The molecule has 2 saturated heterocycles. The van der Waals surface area contributed by atoms with Gasteiger partial charge in [-0.25, -0.2) is 0 Å². The molecule has 6 heteroatoms. The number of aliphatic hydroxyl groups is 1. The van der Waals surface area contributed by atoms with Gasteiger partial charge in [0.15, 0.2) is 0 Å². The van der Waals surface area contributed by atoms with Gasteiger partial charge in [-0.15, -0.1) is 0 Å². The first kappa shape index (κ1) is 18.4. The van der Waals surface area contributed by atoms with Crippen molar-refractivity contribution in [2.24, 2.45) is 11.8 Å². The molecule has 2 fully saturated rings. The number of hydrogen-bond acceptors (Lipinski definition) is 4. The predicted molar refractivity (Wildman–Crippen MR) is 97.7 cm³/mol. The van der Waals surface area contributed by atoms with Crippen LogP contribution in [-0.4, -0.2) is 67.5 Å². The Kier molecular flexibility index (Phi) is 6.79. The van der Waals surface area contributed by atoms with Gasteiger partial charge in [0.1, 0.15) is 0 Å². The van der Waals surface area contributed by atoms with Crippen molar-refractivity contribution < 1.29 is 9.84 Å². The van der Waals surface area contributed by atoms with Crippen molar-refractivity contribution in [1.29, 1.82) is 0 Å². The van der Waals surface area contributed by atoms with Gasteiger partial charge in [0, 0.05) is 45.9 Å². The maximum atomic E-state index is 9.69. The summed E-state index contributed by atoms with van der Waals surface area (Å²) in [6, 6.07) is 5.80. The van der Waals surface area contributed by atoms with E-state index in [0.29, 0.717) is 21.9 Å². The van der Waals surface area contributed by atoms with E-state index in [1.165, 1.54) is 0 Å². The Bertz CT molecular complexity index is 538. The van der Waals surface area contributed by atoms with Crippen molar-refractivity contribution in [1.82, 2.24) is 9.80 Å². The van der Waals surface area contributed by atoms with E-state index >= 15 is 0 Å². The summed E-state index contributed by atoms with van der Waals surface area (Å²) in [5.41, 5.74) is 1.06. The molecule has 134 valence electrons. The highest BCUT2D eigenvalue weighted by molar-refractivity contribution is 6.42. The van der Waals surface area contributed by atoms with E-state index in [4.69, 9.17) is 27.9 Å². The van der Waals surface area contributed by atoms with E-state index in [-0.39, 0.29) is 6.61 Å². The average molecular weight is 373 g/mol. The van der Waals surface area contributed by atoms with Crippen LogP contribution in [0.1, 0.15) is 12.0 Å². The second kappa shape index (κ2) is 8.84. The van der Waals surface area contributed by atoms with Gasteiger partial charge in [-0.05, 0) is 29.9 Å². The molecule has 0 unspecified atom stereocenters. The minimum absolute atomic E-state index is 0.249. The Morgan fingerprint density at radius 1 is 1.08 bits per heavy atom. The predicted octanol–water partition coefficient (Wildman–Crippen LogP) is 2.76. The molecule has 2 aliphatic rings. The van der Waals surface area contributed by atoms with Crippen LogP contribution in [0, 0.1) is 11.8 Å². The normalized spacial score (nSPS) is 26.6. The highest BCUT2D eigenvalue weighted by Gasteiger charge is 2.29. The number of aliphatic hydroxyl groups excluding tert-OH is 1. The molecular weight excluding hydrogens is 347 g/mol. The first-order valence-electron chi connectivity index (χ1n) is 8.72. The number of morpholine rings is 1. The average Bonchev–Trinajstić information content (AvgIpc) is 2.59. The zero-order chi connectivity index (χ0) is 16.9. The van der Waals surface area contributed by atoms with Gasteiger partial charge in [0.25, 0.3) is 0 Å². The lowest BCUT2D eigenvalue weighted by Crippen LogP contribution is -2.47. The van der Waals surface area contributed by atoms with Gasteiger partial charge in [-0.1, -0.05) is 35.3 Å². The summed E-state index contributed by atoms with van der Waals surface area (Å²) in [5.74, 6) is 0.912. The van der Waals surface area contributed by atoms with E-state index in [1.807, 2.05) is 18.2 Å². The second-order valence-corrected chi connectivity index (χ2v) is 7.76. The molecule has 0 bridgehead atoms. The molecule has 1 aromatic rings. The molecule has 24 heavy (non-hydrogen) atoms. The summed E-state index contributed by atoms with van der Waals surface area (Å²) < 4.78 is 5.44. The summed E-state index contributed by atoms with van der Waals surface area (Å²) in [4.78, 5) is 4.89. The molecule has 0 radical (unpaired) electrons. The number of rotatable bonds is 5. The fraction of sp³-hybridized carbons (Fsp3) is 0.667. The van der Waals surface area contributed by atoms with Crippen LogP contribution < -0.4 is 0 Å². The third-order valence-electron chi connectivity index (χ3n) is 5.00. The van der Waals surface area contributed by atoms with Crippen LogP contribution in [0.3, 0.4) is 0 Å². The Balaban J connectivity index is 1.62. The molecule has 1 N–H and O–H groups in total. The molecule has 4 nitrogen and oxygen atoms in total. The largest absolute Gasteiger partial charge is 0.396 e. The first-order valence-corrected chi connectivity index (χ1v) is 9.47. The summed E-state index contributed by atoms with van der Waals surface area (Å²) in [7, 11) is 0. The summed E-state index contributed by atoms with van der Waals surface area (Å²) in [5, 5.41) is 10.9. The minimum atomic E-state index is 0.249. The van der Waals surface area contributed by atoms with E-state index < -0.39 is 0 Å². The lowest BCUT2D eigenvalue weighted by atomic mass is 9.89. The number of piperidine rings is 1. The standard InChI is InChI=1S/C18H26Cl2N2O2/c19-17-3-1-2-16(18(17)20)12-22-10-14(8-15(11-22)13-23)9-21-4-6-24-7-5-21/h1-3,14-15,23H,4-13H2/t14-,15-/m1/s1. The number of likely N-dealkylation sites (tertiary alicyclic amines) is 1. The molecule has 2 atom stereocenters. The molecule has 0 spiro atoms. The first-order chi connectivity index (χ1) is 11.7. The summed E-state index contributed by atoms with van der Waals surface area (Å²) >= 11 is 12.5. The third kappa shape index (κ3) is 4.84. The smallest absolute Gasteiger partial charge is 0.0637 e. The van der Waals surface area contributed by atoms with Gasteiger partial charge >= 0.3 is 0 Å². The molecule has 0 saturated carbocycles. The van der Waals surface area contributed by atoms with E-state index in [9.17, 15) is 5.11 Å². The Hall–Kier alpha value is -0.360. The molecule has 0 aliphatic carbocycles. The van der Waals surface area contributed by atoms with Gasteiger partial charge in [-0.2, -0.15) is 0 Å². The molecule has 2 aliphatic heterocycles. The third-order valence-corrected chi connectivity index (χ3v) is 5.86. The Morgan fingerprint density at radius 3 is 2.58 bits per heavy atom. The summed E-state index contributed by atoms with van der Waals surface area (Å²) in [6.07, 6.45) is 1.09. The van der Waals surface area contributed by atoms with Crippen molar-refractivity contribution >= 4 is 23.2 Å². The molecule has 1 aromatic carbocycles. The Morgan fingerprint density at radius 2 is 1.83 bits per heavy atom. The highest BCUT2D eigenvalue weighted by Crippen LogP contribution is 2.29. The van der Waals surface area contributed by atoms with Crippen LogP contribution in [0.2, 0.25) is 10.0 Å². The topological polar surface area (TPSA) is 35.9 Å². The molecule has 3 rings (SSSR count). The monoisotopic (exact) mass is 372 g/mol. The number of halogens is 2. The van der Waals surface area contributed by atoms with E-state index in [2.05, 4.69) is 9.80 Å². The SMILES string of the molecule is OC[C@@H]1C[C@H](CN2CCOCC2)CN(Cc2cccc(Cl)c2Cl)C1. The van der Waals surface area contributed by atoms with Crippen molar-refractivity contribution in [3.05, 3.63) is 33.8 Å². The number of benzene rings is 1.